The molecule has 7 nitrogen and oxygen atoms in total. The van der Waals surface area contributed by atoms with Gasteiger partial charge in [0.2, 0.25) is 10.0 Å². The van der Waals surface area contributed by atoms with Crippen molar-refractivity contribution in [1.82, 2.24) is 14.5 Å². The molecule has 0 saturated carbocycles. The number of amides is 2. The normalized spacial score (nSPS) is 28.5. The zero-order valence-electron chi connectivity index (χ0n) is 13.6. The highest BCUT2D eigenvalue weighted by Gasteiger charge is 2.46. The molecule has 2 fully saturated rings. The molecule has 0 unspecified atom stereocenters. The van der Waals surface area contributed by atoms with Crippen molar-refractivity contribution >= 4 is 16.1 Å². The number of fused-ring (bicyclic) bond motifs is 1. The Balaban J connectivity index is 2.00. The van der Waals surface area contributed by atoms with Gasteiger partial charge in [0, 0.05) is 39.3 Å². The van der Waals surface area contributed by atoms with Gasteiger partial charge in [0.15, 0.2) is 0 Å². The fourth-order valence-corrected chi connectivity index (χ4v) is 5.47. The van der Waals surface area contributed by atoms with E-state index >= 15 is 0 Å². The van der Waals surface area contributed by atoms with Crippen LogP contribution in [-0.4, -0.2) is 74.8 Å². The van der Waals surface area contributed by atoms with E-state index < -0.39 is 10.0 Å². The summed E-state index contributed by atoms with van der Waals surface area (Å²) in [7, 11) is -1.69. The van der Waals surface area contributed by atoms with Crippen LogP contribution in [-0.2, 0) is 14.8 Å². The molecule has 1 N–H and O–H groups in total. The molecule has 0 aromatic rings. The number of rotatable bonds is 4. The third-order valence-electron chi connectivity index (χ3n) is 4.40. The first-order valence-corrected chi connectivity index (χ1v) is 9.40. The van der Waals surface area contributed by atoms with Crippen molar-refractivity contribution in [2.24, 2.45) is 5.92 Å². The first kappa shape index (κ1) is 17.5. The molecule has 128 valence electrons. The molecule has 2 aliphatic rings. The monoisotopic (exact) mass is 333 g/mol. The van der Waals surface area contributed by atoms with Gasteiger partial charge in [-0.1, -0.05) is 0 Å². The van der Waals surface area contributed by atoms with Crippen molar-refractivity contribution in [1.29, 1.82) is 0 Å². The van der Waals surface area contributed by atoms with Crippen molar-refractivity contribution in [3.63, 3.8) is 0 Å². The summed E-state index contributed by atoms with van der Waals surface area (Å²) in [5, 5.41) is 2.51. The van der Waals surface area contributed by atoms with E-state index in [1.165, 1.54) is 0 Å². The molecule has 2 heterocycles. The molecular formula is C14H27N3O4S. The second-order valence-corrected chi connectivity index (χ2v) is 8.51. The second-order valence-electron chi connectivity index (χ2n) is 6.36. The van der Waals surface area contributed by atoms with Gasteiger partial charge in [0.1, 0.15) is 0 Å². The third kappa shape index (κ3) is 3.72. The number of urea groups is 1. The number of likely N-dealkylation sites (tertiary alicyclic amines) is 1. The van der Waals surface area contributed by atoms with Crippen molar-refractivity contribution in [2.45, 2.75) is 38.0 Å². The van der Waals surface area contributed by atoms with E-state index in [9.17, 15) is 13.2 Å². The minimum Gasteiger partial charge on any atom is -0.383 e. The summed E-state index contributed by atoms with van der Waals surface area (Å²) >= 11 is 0. The summed E-state index contributed by atoms with van der Waals surface area (Å²) in [4.78, 5) is 13.8. The van der Waals surface area contributed by atoms with Gasteiger partial charge in [-0.15, -0.1) is 0 Å². The van der Waals surface area contributed by atoms with E-state index in [2.05, 4.69) is 5.32 Å². The third-order valence-corrected chi connectivity index (χ3v) is 6.84. The van der Waals surface area contributed by atoms with E-state index in [1.807, 2.05) is 13.8 Å². The maximum absolute atomic E-state index is 12.6. The van der Waals surface area contributed by atoms with Gasteiger partial charge in [0.05, 0.1) is 11.9 Å². The summed E-state index contributed by atoms with van der Waals surface area (Å²) < 4.78 is 31.7. The smallest absolute Gasteiger partial charge is 0.317 e. The Hall–Kier alpha value is -0.860. The minimum absolute atomic E-state index is 0.0866. The van der Waals surface area contributed by atoms with E-state index in [4.69, 9.17) is 4.74 Å². The lowest BCUT2D eigenvalue weighted by molar-refractivity contribution is 0.177. The van der Waals surface area contributed by atoms with Crippen LogP contribution in [0.5, 0.6) is 0 Å². The highest BCUT2D eigenvalue weighted by Crippen LogP contribution is 2.34. The lowest BCUT2D eigenvalue weighted by Crippen LogP contribution is -2.44. The highest BCUT2D eigenvalue weighted by molar-refractivity contribution is 7.90. The molecular weight excluding hydrogens is 306 g/mol. The minimum atomic E-state index is -3.26. The first-order valence-electron chi connectivity index (χ1n) is 7.89. The van der Waals surface area contributed by atoms with E-state index in [-0.39, 0.29) is 23.2 Å². The standard InChI is InChI=1S/C14H27N3O4S/c1-11(2)15-14(18)16-6-4-12-10-17(8-9-21-3)22(19,20)13(12)5-7-16/h11-13H,4-10H2,1-3H3,(H,15,18)/t12-,13-/m1/s1. The van der Waals surface area contributed by atoms with Gasteiger partial charge >= 0.3 is 6.03 Å². The van der Waals surface area contributed by atoms with Crippen LogP contribution in [0.1, 0.15) is 26.7 Å². The van der Waals surface area contributed by atoms with Gasteiger partial charge < -0.3 is 15.0 Å². The quantitative estimate of drug-likeness (QED) is 0.811. The molecule has 0 radical (unpaired) electrons. The summed E-state index contributed by atoms with van der Waals surface area (Å²) in [6, 6.07) is -0.00729. The number of carbonyl (C=O) groups is 1. The first-order chi connectivity index (χ1) is 10.4. The fourth-order valence-electron chi connectivity index (χ4n) is 3.25. The largest absolute Gasteiger partial charge is 0.383 e. The van der Waals surface area contributed by atoms with Crippen LogP contribution in [0.3, 0.4) is 0 Å². The van der Waals surface area contributed by atoms with Crippen LogP contribution in [0.25, 0.3) is 0 Å². The van der Waals surface area contributed by atoms with Crippen LogP contribution in [0.15, 0.2) is 0 Å². The lowest BCUT2D eigenvalue weighted by atomic mass is 10.0. The average molecular weight is 333 g/mol. The predicted molar refractivity (Wildman–Crippen MR) is 84.1 cm³/mol. The van der Waals surface area contributed by atoms with Gasteiger partial charge in [-0.3, -0.25) is 0 Å². The molecule has 0 aliphatic carbocycles. The van der Waals surface area contributed by atoms with Gasteiger partial charge in [-0.05, 0) is 32.6 Å². The lowest BCUT2D eigenvalue weighted by Gasteiger charge is -2.23. The maximum Gasteiger partial charge on any atom is 0.317 e. The van der Waals surface area contributed by atoms with Crippen molar-refractivity contribution in [3.05, 3.63) is 0 Å². The number of hydrogen-bond acceptors (Lipinski definition) is 4. The molecule has 2 rings (SSSR count). The molecule has 22 heavy (non-hydrogen) atoms. The number of carbonyl (C=O) groups excluding carboxylic acids is 1. The number of sulfonamides is 1. The molecule has 0 bridgehead atoms. The van der Waals surface area contributed by atoms with E-state index in [1.54, 1.807) is 16.3 Å². The average Bonchev–Trinajstić information content (AvgIpc) is 2.60. The summed E-state index contributed by atoms with van der Waals surface area (Å²) in [5.74, 6) is 0.110. The second kappa shape index (κ2) is 7.14. The molecule has 2 aliphatic heterocycles. The zero-order valence-corrected chi connectivity index (χ0v) is 14.4. The Kier molecular flexibility index (Phi) is 5.68. The highest BCUT2D eigenvalue weighted by atomic mass is 32.2. The number of nitrogens with one attached hydrogen (secondary N) is 1. The van der Waals surface area contributed by atoms with Crippen molar-refractivity contribution in [2.75, 3.05) is 39.9 Å². The van der Waals surface area contributed by atoms with Crippen LogP contribution >= 0.6 is 0 Å². The molecule has 0 aromatic heterocycles. The number of nitrogens with zero attached hydrogens (tertiary/aromatic N) is 2. The number of hydrogen-bond donors (Lipinski definition) is 1. The summed E-state index contributed by atoms with van der Waals surface area (Å²) in [6.45, 7) is 6.34. The van der Waals surface area contributed by atoms with E-state index in [0.717, 1.165) is 6.42 Å². The number of methoxy groups -OCH3 is 1. The van der Waals surface area contributed by atoms with Crippen molar-refractivity contribution in [3.8, 4) is 0 Å². The van der Waals surface area contributed by atoms with Crippen LogP contribution in [0, 0.1) is 5.92 Å². The Morgan fingerprint density at radius 2 is 2.00 bits per heavy atom. The van der Waals surface area contributed by atoms with Crippen LogP contribution < -0.4 is 5.32 Å². The molecule has 0 spiro atoms. The topological polar surface area (TPSA) is 79.0 Å². The van der Waals surface area contributed by atoms with Gasteiger partial charge in [0.25, 0.3) is 0 Å². The number of ether oxygens (including phenoxy) is 1. The molecule has 2 saturated heterocycles. The summed E-state index contributed by atoms with van der Waals surface area (Å²) in [5.41, 5.74) is 0. The van der Waals surface area contributed by atoms with Crippen molar-refractivity contribution < 1.29 is 17.9 Å². The van der Waals surface area contributed by atoms with Gasteiger partial charge in [-0.2, -0.15) is 4.31 Å². The Bertz CT molecular complexity index is 494. The van der Waals surface area contributed by atoms with E-state index in [0.29, 0.717) is 39.2 Å². The molecule has 2 atom stereocenters. The molecule has 2 amide bonds. The van der Waals surface area contributed by atoms with Gasteiger partial charge in [-0.25, -0.2) is 13.2 Å². The Morgan fingerprint density at radius 3 is 2.64 bits per heavy atom. The maximum atomic E-state index is 12.6. The van der Waals surface area contributed by atoms with Crippen LogP contribution in [0.2, 0.25) is 0 Å². The Labute approximate surface area is 133 Å². The zero-order chi connectivity index (χ0) is 16.3. The molecule has 0 aromatic carbocycles. The van der Waals surface area contributed by atoms with Crippen LogP contribution in [0.4, 0.5) is 4.79 Å². The Morgan fingerprint density at radius 1 is 1.32 bits per heavy atom. The molecule has 8 heteroatoms. The SMILES string of the molecule is COCCN1C[C@H]2CCN(C(=O)NC(C)C)CC[C@H]2S1(=O)=O. The fraction of sp³-hybridized carbons (Fsp3) is 0.929. The predicted octanol–water partition coefficient (Wildman–Crippen LogP) is 0.477. The summed E-state index contributed by atoms with van der Waals surface area (Å²) in [6.07, 6.45) is 1.25.